The van der Waals surface area contributed by atoms with Crippen molar-refractivity contribution < 1.29 is 9.50 Å². The van der Waals surface area contributed by atoms with Gasteiger partial charge in [-0.1, -0.05) is 42.5 Å². The highest BCUT2D eigenvalue weighted by Crippen LogP contribution is 2.46. The highest BCUT2D eigenvalue weighted by molar-refractivity contribution is 5.51. The highest BCUT2D eigenvalue weighted by atomic mass is 19.1. The van der Waals surface area contributed by atoms with Gasteiger partial charge < -0.3 is 10.8 Å². The van der Waals surface area contributed by atoms with E-state index in [-0.39, 0.29) is 18.5 Å². The number of phenols is 1. The molecule has 2 unspecified atom stereocenters. The van der Waals surface area contributed by atoms with Crippen molar-refractivity contribution in [2.45, 2.75) is 24.7 Å². The van der Waals surface area contributed by atoms with Crippen LogP contribution in [0, 0.1) is 5.92 Å². The van der Waals surface area contributed by atoms with Crippen LogP contribution in [0.3, 0.4) is 0 Å². The van der Waals surface area contributed by atoms with Gasteiger partial charge in [0, 0.05) is 43.4 Å². The van der Waals surface area contributed by atoms with E-state index in [1.807, 2.05) is 24.4 Å². The second kappa shape index (κ2) is 9.36. The van der Waals surface area contributed by atoms with Crippen molar-refractivity contribution in [1.82, 2.24) is 9.88 Å². The van der Waals surface area contributed by atoms with Gasteiger partial charge in [0.15, 0.2) is 0 Å². The van der Waals surface area contributed by atoms with Crippen molar-refractivity contribution in [2.24, 2.45) is 11.7 Å². The van der Waals surface area contributed by atoms with Gasteiger partial charge in [-0.25, -0.2) is 0 Å². The lowest BCUT2D eigenvalue weighted by atomic mass is 9.69. The number of hydrogen-bond donors (Lipinski definition) is 2. The standard InChI is InChI=1S/C28H30FN3O/c29-14-19-16-32(17-19)18-23(30)13-24-8-6-22(15-31-24)28-26(20-4-2-1-3-5-20)10-7-21-12-25(33)9-11-27(21)28/h1-6,8-9,11-13,15,19,26,28,33H,7,10,14,16-18,30H2. The maximum Gasteiger partial charge on any atom is 0.115 e. The Morgan fingerprint density at radius 2 is 1.91 bits per heavy atom. The molecule has 2 atom stereocenters. The number of rotatable bonds is 6. The first-order chi connectivity index (χ1) is 16.1. The summed E-state index contributed by atoms with van der Waals surface area (Å²) in [4.78, 5) is 6.87. The SMILES string of the molecule is NC(=Cc1ccc(C2c3ccc(O)cc3CCC2c2ccccc2)cn1)CN1CC(CF)C1. The molecule has 0 saturated carbocycles. The second-order valence-electron chi connectivity index (χ2n) is 9.37. The van der Waals surface area contributed by atoms with E-state index in [1.54, 1.807) is 6.07 Å². The molecule has 3 N–H and O–H groups in total. The number of fused-ring (bicyclic) bond motifs is 1. The van der Waals surface area contributed by atoms with Gasteiger partial charge in [-0.3, -0.25) is 14.3 Å². The van der Waals surface area contributed by atoms with Gasteiger partial charge in [-0.05, 0) is 65.3 Å². The molecule has 1 fully saturated rings. The summed E-state index contributed by atoms with van der Waals surface area (Å²) < 4.78 is 12.6. The van der Waals surface area contributed by atoms with E-state index in [0.717, 1.165) is 37.3 Å². The lowest BCUT2D eigenvalue weighted by Gasteiger charge is -2.37. The Kier molecular flexibility index (Phi) is 6.14. The van der Waals surface area contributed by atoms with Crippen LogP contribution in [0.1, 0.15) is 46.2 Å². The molecule has 0 bridgehead atoms. The number of halogens is 1. The minimum absolute atomic E-state index is 0.160. The summed E-state index contributed by atoms with van der Waals surface area (Å²) in [5.41, 5.74) is 12.8. The smallest absolute Gasteiger partial charge is 0.115 e. The van der Waals surface area contributed by atoms with E-state index in [4.69, 9.17) is 10.7 Å². The average molecular weight is 444 g/mol. The van der Waals surface area contributed by atoms with Gasteiger partial charge in [0.2, 0.25) is 0 Å². The zero-order valence-electron chi connectivity index (χ0n) is 18.7. The fraction of sp³-hybridized carbons (Fsp3) is 0.321. The molecular formula is C28H30FN3O. The summed E-state index contributed by atoms with van der Waals surface area (Å²) in [5.74, 6) is 1.01. The third-order valence-corrected chi connectivity index (χ3v) is 6.98. The Hall–Kier alpha value is -3.18. The van der Waals surface area contributed by atoms with Gasteiger partial charge in [0.25, 0.3) is 0 Å². The Balaban J connectivity index is 1.40. The fourth-order valence-corrected chi connectivity index (χ4v) is 5.36. The van der Waals surface area contributed by atoms with E-state index >= 15 is 0 Å². The largest absolute Gasteiger partial charge is 0.508 e. The van der Waals surface area contributed by atoms with Crippen molar-refractivity contribution in [3.05, 3.63) is 101 Å². The number of nitrogens with zero attached hydrogens (tertiary/aromatic N) is 2. The Morgan fingerprint density at radius 1 is 1.09 bits per heavy atom. The number of aryl methyl sites for hydroxylation is 1. The Bertz CT molecular complexity index is 1120. The number of aromatic hydroxyl groups is 1. The number of likely N-dealkylation sites (tertiary alicyclic amines) is 1. The third-order valence-electron chi connectivity index (χ3n) is 6.98. The minimum Gasteiger partial charge on any atom is -0.508 e. The summed E-state index contributed by atoms with van der Waals surface area (Å²) in [7, 11) is 0. The molecule has 170 valence electrons. The van der Waals surface area contributed by atoms with Gasteiger partial charge in [-0.15, -0.1) is 0 Å². The first-order valence-electron chi connectivity index (χ1n) is 11.7. The molecule has 1 aromatic heterocycles. The zero-order valence-corrected chi connectivity index (χ0v) is 18.7. The van der Waals surface area contributed by atoms with E-state index in [1.165, 1.54) is 22.3 Å². The molecule has 1 saturated heterocycles. The predicted molar refractivity (Wildman–Crippen MR) is 130 cm³/mol. The van der Waals surface area contributed by atoms with E-state index in [2.05, 4.69) is 47.4 Å². The first-order valence-corrected chi connectivity index (χ1v) is 11.7. The number of nitrogens with two attached hydrogens (primary N) is 1. The van der Waals surface area contributed by atoms with Gasteiger partial charge in [0.1, 0.15) is 5.75 Å². The van der Waals surface area contributed by atoms with E-state index < -0.39 is 0 Å². The maximum absolute atomic E-state index is 12.6. The lowest BCUT2D eigenvalue weighted by molar-refractivity contribution is 0.0910. The van der Waals surface area contributed by atoms with Gasteiger partial charge >= 0.3 is 0 Å². The molecule has 3 aromatic rings. The third kappa shape index (κ3) is 4.64. The second-order valence-corrected chi connectivity index (χ2v) is 9.37. The zero-order chi connectivity index (χ0) is 22.8. The maximum atomic E-state index is 12.6. The van der Waals surface area contributed by atoms with Crippen LogP contribution in [0.15, 0.2) is 72.6 Å². The first kappa shape index (κ1) is 21.7. The Morgan fingerprint density at radius 3 is 2.64 bits per heavy atom. The monoisotopic (exact) mass is 443 g/mol. The minimum atomic E-state index is -0.253. The summed E-state index contributed by atoms with van der Waals surface area (Å²) in [6.45, 7) is 1.94. The quantitative estimate of drug-likeness (QED) is 0.572. The van der Waals surface area contributed by atoms with Crippen molar-refractivity contribution >= 4 is 6.08 Å². The van der Waals surface area contributed by atoms with Crippen LogP contribution >= 0.6 is 0 Å². The van der Waals surface area contributed by atoms with Crippen molar-refractivity contribution in [1.29, 1.82) is 0 Å². The van der Waals surface area contributed by atoms with Crippen LogP contribution < -0.4 is 5.73 Å². The normalized spacial score (nSPS) is 21.4. The fourth-order valence-electron chi connectivity index (χ4n) is 5.36. The predicted octanol–water partition coefficient (Wildman–Crippen LogP) is 4.85. The molecule has 0 amide bonds. The van der Waals surface area contributed by atoms with Gasteiger partial charge in [0.05, 0.1) is 12.4 Å². The highest BCUT2D eigenvalue weighted by Gasteiger charge is 2.32. The lowest BCUT2D eigenvalue weighted by Crippen LogP contribution is -2.48. The van der Waals surface area contributed by atoms with Crippen molar-refractivity contribution in [2.75, 3.05) is 26.3 Å². The topological polar surface area (TPSA) is 62.4 Å². The van der Waals surface area contributed by atoms with Crippen LogP contribution in [-0.4, -0.2) is 41.3 Å². The molecule has 33 heavy (non-hydrogen) atoms. The molecule has 1 aliphatic carbocycles. The number of hydrogen-bond acceptors (Lipinski definition) is 4. The van der Waals surface area contributed by atoms with Crippen LogP contribution in [0.25, 0.3) is 6.08 Å². The number of alkyl halides is 1. The molecule has 2 heterocycles. The van der Waals surface area contributed by atoms with Crippen molar-refractivity contribution in [3.8, 4) is 5.75 Å². The molecule has 4 nitrogen and oxygen atoms in total. The summed E-state index contributed by atoms with van der Waals surface area (Å²) in [6.07, 6.45) is 5.85. The number of pyridine rings is 1. The molecule has 5 heteroatoms. The molecule has 0 spiro atoms. The van der Waals surface area contributed by atoms with E-state index in [9.17, 15) is 9.50 Å². The number of aromatic nitrogens is 1. The van der Waals surface area contributed by atoms with Crippen LogP contribution in [-0.2, 0) is 6.42 Å². The molecule has 2 aliphatic rings. The summed E-state index contributed by atoms with van der Waals surface area (Å²) in [6, 6.07) is 20.6. The molecule has 0 radical (unpaired) electrons. The molecule has 5 rings (SSSR count). The number of phenolic OH excluding ortho intramolecular Hbond substituents is 1. The van der Waals surface area contributed by atoms with Crippen LogP contribution in [0.5, 0.6) is 5.75 Å². The molecule has 2 aromatic carbocycles. The summed E-state index contributed by atoms with van der Waals surface area (Å²) in [5, 5.41) is 10.0. The van der Waals surface area contributed by atoms with Crippen LogP contribution in [0.2, 0.25) is 0 Å². The molecule has 1 aliphatic heterocycles. The Labute approximate surface area is 194 Å². The number of benzene rings is 2. The van der Waals surface area contributed by atoms with Crippen LogP contribution in [0.4, 0.5) is 4.39 Å². The summed E-state index contributed by atoms with van der Waals surface area (Å²) >= 11 is 0. The molecular weight excluding hydrogens is 413 g/mol. The van der Waals surface area contributed by atoms with Crippen molar-refractivity contribution in [3.63, 3.8) is 0 Å². The average Bonchev–Trinajstić information content (AvgIpc) is 2.81. The van der Waals surface area contributed by atoms with Gasteiger partial charge in [-0.2, -0.15) is 0 Å². The van der Waals surface area contributed by atoms with E-state index in [0.29, 0.717) is 18.2 Å².